The first-order valence-corrected chi connectivity index (χ1v) is 10.6. The summed E-state index contributed by atoms with van der Waals surface area (Å²) in [7, 11) is 0. The van der Waals surface area contributed by atoms with Gasteiger partial charge < -0.3 is 4.57 Å². The molecule has 2 aromatic heterocycles. The molecule has 1 aromatic carbocycles. The molecular weight excluding hydrogens is 395 g/mol. The average molecular weight is 411 g/mol. The van der Waals surface area contributed by atoms with Gasteiger partial charge in [0, 0.05) is 28.5 Å². The number of nitrogens with zero attached hydrogens (tertiary/aromatic N) is 4. The molecule has 0 radical (unpaired) electrons. The first kappa shape index (κ1) is 18.6. The lowest BCUT2D eigenvalue weighted by Gasteiger charge is -2.10. The Kier molecular flexibility index (Phi) is 6.28. The molecule has 0 unspecified atom stereocenters. The minimum absolute atomic E-state index is 0.638. The van der Waals surface area contributed by atoms with Gasteiger partial charge in [0.1, 0.15) is 5.03 Å². The predicted octanol–water partition coefficient (Wildman–Crippen LogP) is 5.68. The molecule has 25 heavy (non-hydrogen) atoms. The molecule has 0 spiro atoms. The van der Waals surface area contributed by atoms with Gasteiger partial charge in [-0.05, 0) is 43.0 Å². The van der Waals surface area contributed by atoms with Gasteiger partial charge >= 0.3 is 0 Å². The van der Waals surface area contributed by atoms with Gasteiger partial charge in [-0.15, -0.1) is 22.0 Å². The van der Waals surface area contributed by atoms with Crippen LogP contribution in [0.1, 0.15) is 12.5 Å². The van der Waals surface area contributed by atoms with Crippen molar-refractivity contribution in [1.29, 1.82) is 0 Å². The first-order valence-electron chi connectivity index (χ1n) is 7.64. The Bertz CT molecular complexity index is 863. The molecule has 8 heteroatoms. The highest BCUT2D eigenvalue weighted by atomic mass is 35.5. The summed E-state index contributed by atoms with van der Waals surface area (Å²) in [5.74, 6) is 1.46. The lowest BCUT2D eigenvalue weighted by Crippen LogP contribution is -2.01. The van der Waals surface area contributed by atoms with E-state index in [2.05, 4.69) is 26.7 Å². The van der Waals surface area contributed by atoms with Crippen molar-refractivity contribution in [3.63, 3.8) is 0 Å². The zero-order chi connectivity index (χ0) is 17.8. The normalized spacial score (nSPS) is 11.0. The van der Waals surface area contributed by atoms with E-state index in [-0.39, 0.29) is 0 Å². The van der Waals surface area contributed by atoms with Crippen molar-refractivity contribution < 1.29 is 0 Å². The standard InChI is InChI=1S/C17H16Cl2N4S2/c1-3-23-15(11-6-5-9-20-16(11)24-2)21-22-17(23)25-10-12-13(18)7-4-8-14(12)19/h4-9H,3,10H2,1-2H3. The summed E-state index contributed by atoms with van der Waals surface area (Å²) in [6.07, 6.45) is 3.80. The number of thioether (sulfide) groups is 2. The molecule has 0 aliphatic heterocycles. The van der Waals surface area contributed by atoms with Crippen molar-refractivity contribution in [3.8, 4) is 11.4 Å². The molecule has 4 nitrogen and oxygen atoms in total. The van der Waals surface area contributed by atoms with Crippen LogP contribution in [0.15, 0.2) is 46.7 Å². The molecular formula is C17H16Cl2N4S2. The van der Waals surface area contributed by atoms with E-state index >= 15 is 0 Å². The minimum atomic E-state index is 0.638. The predicted molar refractivity (Wildman–Crippen MR) is 107 cm³/mol. The van der Waals surface area contributed by atoms with E-state index in [1.807, 2.05) is 36.6 Å². The quantitative estimate of drug-likeness (QED) is 0.488. The van der Waals surface area contributed by atoms with E-state index in [1.54, 1.807) is 29.7 Å². The Morgan fingerprint density at radius 3 is 2.52 bits per heavy atom. The smallest absolute Gasteiger partial charge is 0.191 e. The summed E-state index contributed by atoms with van der Waals surface area (Å²) in [6, 6.07) is 9.48. The Morgan fingerprint density at radius 2 is 1.84 bits per heavy atom. The molecule has 0 saturated carbocycles. The average Bonchev–Trinajstić information content (AvgIpc) is 3.04. The van der Waals surface area contributed by atoms with Crippen molar-refractivity contribution in [2.45, 2.75) is 29.4 Å². The van der Waals surface area contributed by atoms with Gasteiger partial charge in [0.05, 0.1) is 5.56 Å². The molecule has 130 valence electrons. The molecule has 0 fully saturated rings. The maximum atomic E-state index is 6.26. The summed E-state index contributed by atoms with van der Waals surface area (Å²) in [6.45, 7) is 2.85. The monoisotopic (exact) mass is 410 g/mol. The maximum absolute atomic E-state index is 6.26. The van der Waals surface area contributed by atoms with Crippen molar-refractivity contribution >= 4 is 46.7 Å². The zero-order valence-electron chi connectivity index (χ0n) is 13.7. The second-order valence-corrected chi connectivity index (χ2v) is 7.65. The number of benzene rings is 1. The van der Waals surface area contributed by atoms with Crippen LogP contribution in [0, 0.1) is 0 Å². The second-order valence-electron chi connectivity index (χ2n) is 5.10. The van der Waals surface area contributed by atoms with E-state index in [9.17, 15) is 0 Å². The maximum Gasteiger partial charge on any atom is 0.191 e. The third-order valence-corrected chi connectivity index (χ3v) is 6.06. The molecule has 0 N–H and O–H groups in total. The van der Waals surface area contributed by atoms with Crippen LogP contribution in [0.2, 0.25) is 10.0 Å². The Morgan fingerprint density at radius 1 is 1.08 bits per heavy atom. The summed E-state index contributed by atoms with van der Waals surface area (Å²) in [4.78, 5) is 4.42. The number of pyridine rings is 1. The van der Waals surface area contributed by atoms with Gasteiger partial charge in [0.2, 0.25) is 0 Å². The number of halogens is 2. The van der Waals surface area contributed by atoms with Crippen LogP contribution in [-0.2, 0) is 12.3 Å². The summed E-state index contributed by atoms with van der Waals surface area (Å²) < 4.78 is 2.09. The number of rotatable bonds is 6. The number of aromatic nitrogens is 4. The fourth-order valence-electron chi connectivity index (χ4n) is 2.41. The van der Waals surface area contributed by atoms with Crippen molar-refractivity contribution in [1.82, 2.24) is 19.7 Å². The highest BCUT2D eigenvalue weighted by Crippen LogP contribution is 2.33. The van der Waals surface area contributed by atoms with Gasteiger partial charge in [-0.3, -0.25) is 0 Å². The SMILES string of the molecule is CCn1c(SCc2c(Cl)cccc2Cl)nnc1-c1cccnc1SC. The Hall–Kier alpha value is -1.21. The van der Waals surface area contributed by atoms with Crippen LogP contribution in [0.5, 0.6) is 0 Å². The van der Waals surface area contributed by atoms with E-state index in [1.165, 1.54) is 0 Å². The molecule has 3 rings (SSSR count). The largest absolute Gasteiger partial charge is 0.302 e. The minimum Gasteiger partial charge on any atom is -0.302 e. The van der Waals surface area contributed by atoms with E-state index in [0.29, 0.717) is 15.8 Å². The van der Waals surface area contributed by atoms with E-state index in [0.717, 1.165) is 33.7 Å². The summed E-state index contributed by atoms with van der Waals surface area (Å²) in [5.41, 5.74) is 1.90. The van der Waals surface area contributed by atoms with Crippen LogP contribution in [-0.4, -0.2) is 26.0 Å². The number of hydrogen-bond acceptors (Lipinski definition) is 5. The van der Waals surface area contributed by atoms with Crippen molar-refractivity contribution in [3.05, 3.63) is 52.1 Å². The highest BCUT2D eigenvalue weighted by molar-refractivity contribution is 7.98. The summed E-state index contributed by atoms with van der Waals surface area (Å²) >= 11 is 15.7. The lowest BCUT2D eigenvalue weighted by molar-refractivity contribution is 0.686. The summed E-state index contributed by atoms with van der Waals surface area (Å²) in [5, 5.41) is 11.9. The van der Waals surface area contributed by atoms with E-state index in [4.69, 9.17) is 23.2 Å². The fraction of sp³-hybridized carbons (Fsp3) is 0.235. The molecule has 0 aliphatic carbocycles. The van der Waals surface area contributed by atoms with Gasteiger partial charge in [0.25, 0.3) is 0 Å². The number of hydrogen-bond donors (Lipinski definition) is 0. The third kappa shape index (κ3) is 3.97. The Balaban J connectivity index is 1.90. The zero-order valence-corrected chi connectivity index (χ0v) is 16.9. The lowest BCUT2D eigenvalue weighted by atomic mass is 10.2. The van der Waals surface area contributed by atoms with Crippen LogP contribution in [0.3, 0.4) is 0 Å². The fourth-order valence-corrected chi connectivity index (χ4v) is 4.70. The van der Waals surface area contributed by atoms with Gasteiger partial charge in [0.15, 0.2) is 11.0 Å². The van der Waals surface area contributed by atoms with E-state index < -0.39 is 0 Å². The molecule has 0 bridgehead atoms. The van der Waals surface area contributed by atoms with Crippen LogP contribution in [0.25, 0.3) is 11.4 Å². The molecule has 3 aromatic rings. The molecule has 0 atom stereocenters. The topological polar surface area (TPSA) is 43.6 Å². The molecule has 0 aliphatic rings. The Labute approximate surface area is 165 Å². The van der Waals surface area contributed by atoms with Crippen LogP contribution < -0.4 is 0 Å². The van der Waals surface area contributed by atoms with Gasteiger partial charge in [-0.1, -0.05) is 41.0 Å². The highest BCUT2D eigenvalue weighted by Gasteiger charge is 2.17. The molecule has 0 saturated heterocycles. The third-order valence-electron chi connectivity index (χ3n) is 3.65. The van der Waals surface area contributed by atoms with Gasteiger partial charge in [-0.2, -0.15) is 0 Å². The van der Waals surface area contributed by atoms with Crippen molar-refractivity contribution in [2.75, 3.05) is 6.26 Å². The molecule has 0 amide bonds. The van der Waals surface area contributed by atoms with Crippen molar-refractivity contribution in [2.24, 2.45) is 0 Å². The second kappa shape index (κ2) is 8.45. The van der Waals surface area contributed by atoms with Gasteiger partial charge in [-0.25, -0.2) is 4.98 Å². The molecule has 2 heterocycles. The van der Waals surface area contributed by atoms with Crippen LogP contribution in [0.4, 0.5) is 0 Å². The van der Waals surface area contributed by atoms with Crippen LogP contribution >= 0.6 is 46.7 Å². The first-order chi connectivity index (χ1) is 12.2.